The van der Waals surface area contributed by atoms with Crippen LogP contribution in [0.15, 0.2) is 66.7 Å². The lowest BCUT2D eigenvalue weighted by atomic mass is 9.87. The number of benzene rings is 3. The minimum absolute atomic E-state index is 0.231. The second kappa shape index (κ2) is 11.2. The van der Waals surface area contributed by atoms with Crippen molar-refractivity contribution in [2.24, 2.45) is 0 Å². The first-order valence-electron chi connectivity index (χ1n) is 12.5. The van der Waals surface area contributed by atoms with Crippen LogP contribution < -0.4 is 10.1 Å². The molecule has 0 aliphatic carbocycles. The van der Waals surface area contributed by atoms with Crippen molar-refractivity contribution in [3.63, 3.8) is 0 Å². The van der Waals surface area contributed by atoms with Crippen LogP contribution in [0.4, 0.5) is 10.1 Å². The lowest BCUT2D eigenvalue weighted by molar-refractivity contribution is -0.167. The normalized spacial score (nSPS) is 18.5. The van der Waals surface area contributed by atoms with Gasteiger partial charge in [-0.05, 0) is 68.7 Å². The zero-order valence-electron chi connectivity index (χ0n) is 21.1. The number of nitrogens with one attached hydrogen (secondary N) is 1. The largest absolute Gasteiger partial charge is 0.485 e. The van der Waals surface area contributed by atoms with Crippen LogP contribution in [-0.4, -0.2) is 18.3 Å². The van der Waals surface area contributed by atoms with Crippen LogP contribution in [0.3, 0.4) is 0 Å². The maximum absolute atomic E-state index is 13.2. The van der Waals surface area contributed by atoms with E-state index in [2.05, 4.69) is 63.3 Å². The monoisotopic (exact) mass is 477 g/mol. The van der Waals surface area contributed by atoms with E-state index in [1.807, 2.05) is 12.1 Å². The third-order valence-electron chi connectivity index (χ3n) is 6.40. The standard InChI is InChI=1S/C30H36FNO3/c1-5-6-17-33-28-26-18-25(32-19-22-11-13-24(31)14-12-22)15-16-27(26)35-30(3,4)29(28)34-20-23-9-7-21(2)8-10-23/h7-16,18,28-29,32H,5-6,17,19-20H2,1-4H3. The highest BCUT2D eigenvalue weighted by Crippen LogP contribution is 2.44. The molecule has 0 fully saturated rings. The predicted octanol–water partition coefficient (Wildman–Crippen LogP) is 7.36. The highest BCUT2D eigenvalue weighted by Gasteiger charge is 2.45. The van der Waals surface area contributed by atoms with Crippen molar-refractivity contribution < 1.29 is 18.6 Å². The lowest BCUT2D eigenvalue weighted by Crippen LogP contribution is -2.51. The highest BCUT2D eigenvalue weighted by atomic mass is 19.1. The van der Waals surface area contributed by atoms with Gasteiger partial charge in [-0.2, -0.15) is 0 Å². The third kappa shape index (κ3) is 6.41. The molecule has 0 saturated heterocycles. The Kier molecular flexibility index (Phi) is 8.09. The summed E-state index contributed by atoms with van der Waals surface area (Å²) in [6, 6.07) is 21.0. The summed E-state index contributed by atoms with van der Waals surface area (Å²) in [5, 5.41) is 3.44. The summed E-state index contributed by atoms with van der Waals surface area (Å²) in [6.07, 6.45) is 1.52. The Bertz CT molecular complexity index is 1100. The number of hydrogen-bond acceptors (Lipinski definition) is 4. The van der Waals surface area contributed by atoms with Crippen LogP contribution in [0, 0.1) is 12.7 Å². The molecule has 1 aliphatic heterocycles. The van der Waals surface area contributed by atoms with Gasteiger partial charge in [0.2, 0.25) is 0 Å². The molecule has 4 nitrogen and oxygen atoms in total. The van der Waals surface area contributed by atoms with Gasteiger partial charge in [0.05, 0.1) is 6.61 Å². The average molecular weight is 478 g/mol. The molecule has 4 rings (SSSR count). The first-order valence-corrected chi connectivity index (χ1v) is 12.5. The molecule has 1 N–H and O–H groups in total. The van der Waals surface area contributed by atoms with Crippen molar-refractivity contribution in [3.05, 3.63) is 94.8 Å². The van der Waals surface area contributed by atoms with Crippen LogP contribution in [0.5, 0.6) is 5.75 Å². The molecule has 0 spiro atoms. The van der Waals surface area contributed by atoms with Gasteiger partial charge in [0.1, 0.15) is 29.4 Å². The van der Waals surface area contributed by atoms with Crippen molar-refractivity contribution in [2.75, 3.05) is 11.9 Å². The van der Waals surface area contributed by atoms with Gasteiger partial charge in [-0.25, -0.2) is 4.39 Å². The first kappa shape index (κ1) is 25.2. The van der Waals surface area contributed by atoms with Gasteiger partial charge in [-0.1, -0.05) is 55.3 Å². The summed E-state index contributed by atoms with van der Waals surface area (Å²) < 4.78 is 32.6. The molecule has 0 aromatic heterocycles. The Hall–Kier alpha value is -2.89. The summed E-state index contributed by atoms with van der Waals surface area (Å²) in [4.78, 5) is 0. The molecule has 0 amide bonds. The number of rotatable bonds is 10. The molecule has 186 valence electrons. The quantitative estimate of drug-likeness (QED) is 0.310. The van der Waals surface area contributed by atoms with Crippen molar-refractivity contribution in [1.82, 2.24) is 0 Å². The first-order chi connectivity index (χ1) is 16.9. The summed E-state index contributed by atoms with van der Waals surface area (Å²) in [5.74, 6) is 0.588. The highest BCUT2D eigenvalue weighted by molar-refractivity contribution is 5.54. The Morgan fingerprint density at radius 3 is 2.37 bits per heavy atom. The maximum Gasteiger partial charge on any atom is 0.132 e. The van der Waals surface area contributed by atoms with E-state index in [1.165, 1.54) is 17.7 Å². The summed E-state index contributed by atoms with van der Waals surface area (Å²) >= 11 is 0. The average Bonchev–Trinajstić information content (AvgIpc) is 2.84. The van der Waals surface area contributed by atoms with Crippen LogP contribution in [0.2, 0.25) is 0 Å². The number of fused-ring (bicyclic) bond motifs is 1. The maximum atomic E-state index is 13.2. The van der Waals surface area contributed by atoms with Crippen molar-refractivity contribution in [1.29, 1.82) is 0 Å². The van der Waals surface area contributed by atoms with Crippen LogP contribution in [0.25, 0.3) is 0 Å². The third-order valence-corrected chi connectivity index (χ3v) is 6.40. The van der Waals surface area contributed by atoms with E-state index in [1.54, 1.807) is 12.1 Å². The summed E-state index contributed by atoms with van der Waals surface area (Å²) in [6.45, 7) is 10.1. The van der Waals surface area contributed by atoms with Gasteiger partial charge in [0, 0.05) is 24.4 Å². The fraction of sp³-hybridized carbons (Fsp3) is 0.400. The molecular weight excluding hydrogens is 441 g/mol. The number of halogens is 1. The molecular formula is C30H36FNO3. The minimum atomic E-state index is -0.558. The van der Waals surface area contributed by atoms with E-state index < -0.39 is 5.60 Å². The van der Waals surface area contributed by atoms with Gasteiger partial charge in [-0.3, -0.25) is 0 Å². The van der Waals surface area contributed by atoms with Crippen molar-refractivity contribution >= 4 is 5.69 Å². The van der Waals surface area contributed by atoms with Crippen LogP contribution >= 0.6 is 0 Å². The number of unbranched alkanes of at least 4 members (excludes halogenated alkanes) is 1. The topological polar surface area (TPSA) is 39.7 Å². The van der Waals surface area contributed by atoms with Crippen molar-refractivity contribution in [3.8, 4) is 5.75 Å². The smallest absolute Gasteiger partial charge is 0.132 e. The summed E-state index contributed by atoms with van der Waals surface area (Å²) in [5.41, 5.74) is 4.75. The number of anilines is 1. The molecule has 2 atom stereocenters. The molecule has 5 heteroatoms. The van der Waals surface area contributed by atoms with Crippen LogP contribution in [-0.2, 0) is 22.6 Å². The Balaban J connectivity index is 1.56. The number of ether oxygens (including phenoxy) is 3. The van der Waals surface area contributed by atoms with Crippen LogP contribution in [0.1, 0.15) is 62.0 Å². The molecule has 0 radical (unpaired) electrons. The van der Waals surface area contributed by atoms with E-state index in [4.69, 9.17) is 14.2 Å². The fourth-order valence-corrected chi connectivity index (χ4v) is 4.34. The van der Waals surface area contributed by atoms with Gasteiger partial charge in [0.25, 0.3) is 0 Å². The zero-order valence-corrected chi connectivity index (χ0v) is 21.1. The van der Waals surface area contributed by atoms with Gasteiger partial charge in [0.15, 0.2) is 0 Å². The van der Waals surface area contributed by atoms with Crippen molar-refractivity contribution in [2.45, 2.75) is 71.5 Å². The molecule has 2 unspecified atom stereocenters. The number of aryl methyl sites for hydroxylation is 1. The second-order valence-corrected chi connectivity index (χ2v) is 9.80. The molecule has 1 heterocycles. The van der Waals surface area contributed by atoms with Gasteiger partial charge >= 0.3 is 0 Å². The minimum Gasteiger partial charge on any atom is -0.485 e. The SMILES string of the molecule is CCCCOC1c2cc(NCc3ccc(F)cc3)ccc2OC(C)(C)C1OCc1ccc(C)cc1. The zero-order chi connectivity index (χ0) is 24.8. The lowest BCUT2D eigenvalue weighted by Gasteiger charge is -2.44. The molecule has 3 aromatic rings. The summed E-state index contributed by atoms with van der Waals surface area (Å²) in [7, 11) is 0. The molecule has 3 aromatic carbocycles. The van der Waals surface area contributed by atoms with E-state index in [0.717, 1.165) is 41.0 Å². The molecule has 1 aliphatic rings. The van der Waals surface area contributed by atoms with Gasteiger partial charge in [-0.15, -0.1) is 0 Å². The van der Waals surface area contributed by atoms with E-state index in [9.17, 15) is 4.39 Å². The van der Waals surface area contributed by atoms with E-state index in [-0.39, 0.29) is 18.0 Å². The Morgan fingerprint density at radius 2 is 1.66 bits per heavy atom. The second-order valence-electron chi connectivity index (χ2n) is 9.80. The Morgan fingerprint density at radius 1 is 0.943 bits per heavy atom. The number of hydrogen-bond donors (Lipinski definition) is 1. The molecule has 35 heavy (non-hydrogen) atoms. The Labute approximate surface area is 208 Å². The van der Waals surface area contributed by atoms with E-state index in [0.29, 0.717) is 19.8 Å². The predicted molar refractivity (Wildman–Crippen MR) is 138 cm³/mol. The van der Waals surface area contributed by atoms with Gasteiger partial charge < -0.3 is 19.5 Å². The molecule has 0 bridgehead atoms. The molecule has 0 saturated carbocycles. The fourth-order valence-electron chi connectivity index (χ4n) is 4.34. The van der Waals surface area contributed by atoms with E-state index >= 15 is 0 Å².